The molecule has 28 heavy (non-hydrogen) atoms. The van der Waals surface area contributed by atoms with Crippen LogP contribution in [0.15, 0.2) is 18.2 Å². The summed E-state index contributed by atoms with van der Waals surface area (Å²) in [7, 11) is 0. The maximum Gasteiger partial charge on any atom is 0.270 e. The van der Waals surface area contributed by atoms with Crippen molar-refractivity contribution < 1.29 is 9.90 Å². The molecular weight excluding hydrogens is 374 g/mol. The molecule has 5 rings (SSSR count). The third-order valence-corrected chi connectivity index (χ3v) is 7.48. The number of carbonyl (C=O) groups excluding carboxylic acids is 1. The van der Waals surface area contributed by atoms with Crippen molar-refractivity contribution in [3.63, 3.8) is 0 Å². The number of nitrogens with zero attached hydrogens (tertiary/aromatic N) is 2. The zero-order valence-electron chi connectivity index (χ0n) is 16.3. The summed E-state index contributed by atoms with van der Waals surface area (Å²) < 4.78 is 0. The van der Waals surface area contributed by atoms with E-state index >= 15 is 0 Å². The molecule has 2 N–H and O–H groups in total. The Morgan fingerprint density at radius 3 is 2.64 bits per heavy atom. The Hall–Kier alpha value is -1.56. The number of H-pyrrole nitrogens is 1. The fourth-order valence-corrected chi connectivity index (χ4v) is 5.88. The number of halogens is 1. The highest BCUT2D eigenvalue weighted by atomic mass is 35.5. The smallest absolute Gasteiger partial charge is 0.270 e. The zero-order chi connectivity index (χ0) is 19.4. The minimum atomic E-state index is -0.258. The van der Waals surface area contributed by atoms with Crippen molar-refractivity contribution in [3.05, 3.63) is 34.5 Å². The monoisotopic (exact) mass is 401 g/mol. The molecule has 5 nitrogen and oxygen atoms in total. The lowest BCUT2D eigenvalue weighted by Crippen LogP contribution is -2.48. The fraction of sp³-hybridized carbons (Fsp3) is 0.591. The average Bonchev–Trinajstić information content (AvgIpc) is 3.40. The number of carbonyl (C=O) groups is 1. The maximum absolute atomic E-state index is 13.3. The number of likely N-dealkylation sites (tertiary alicyclic amines) is 2. The van der Waals surface area contributed by atoms with Crippen LogP contribution in [0.25, 0.3) is 10.9 Å². The summed E-state index contributed by atoms with van der Waals surface area (Å²) in [6.45, 7) is 5.76. The van der Waals surface area contributed by atoms with Gasteiger partial charge in [-0.3, -0.25) is 9.69 Å². The molecule has 3 fully saturated rings. The number of aliphatic hydroxyl groups is 1. The molecule has 1 saturated carbocycles. The highest BCUT2D eigenvalue weighted by molar-refractivity contribution is 6.31. The van der Waals surface area contributed by atoms with E-state index in [0.29, 0.717) is 22.6 Å². The number of amides is 1. The van der Waals surface area contributed by atoms with E-state index in [1.54, 1.807) is 0 Å². The molecule has 2 aromatic rings. The molecule has 4 atom stereocenters. The maximum atomic E-state index is 13.3. The van der Waals surface area contributed by atoms with Crippen molar-refractivity contribution in [3.8, 4) is 0 Å². The molecule has 1 aliphatic carbocycles. The molecule has 6 heteroatoms. The lowest BCUT2D eigenvalue weighted by Gasteiger charge is -2.40. The van der Waals surface area contributed by atoms with Gasteiger partial charge in [-0.1, -0.05) is 11.6 Å². The van der Waals surface area contributed by atoms with Gasteiger partial charge < -0.3 is 15.0 Å². The molecule has 2 aliphatic heterocycles. The van der Waals surface area contributed by atoms with Crippen molar-refractivity contribution in [1.29, 1.82) is 0 Å². The first kappa shape index (κ1) is 18.5. The van der Waals surface area contributed by atoms with Crippen LogP contribution in [-0.4, -0.2) is 64.1 Å². The number of rotatable bonds is 2. The molecule has 3 aliphatic rings. The zero-order valence-corrected chi connectivity index (χ0v) is 17.1. The van der Waals surface area contributed by atoms with Crippen LogP contribution >= 0.6 is 11.6 Å². The fourth-order valence-electron chi connectivity index (χ4n) is 5.71. The molecule has 150 valence electrons. The molecule has 0 unspecified atom stereocenters. The molecule has 0 radical (unpaired) electrons. The van der Waals surface area contributed by atoms with E-state index in [4.69, 9.17) is 11.6 Å². The van der Waals surface area contributed by atoms with Gasteiger partial charge in [-0.25, -0.2) is 0 Å². The van der Waals surface area contributed by atoms with Crippen molar-refractivity contribution >= 4 is 28.4 Å². The number of aromatic amines is 1. The topological polar surface area (TPSA) is 59.6 Å². The summed E-state index contributed by atoms with van der Waals surface area (Å²) in [6.07, 6.45) is 4.05. The van der Waals surface area contributed by atoms with Gasteiger partial charge in [0.05, 0.1) is 6.10 Å². The number of aliphatic hydroxyl groups excluding tert-OH is 1. The van der Waals surface area contributed by atoms with Crippen molar-refractivity contribution in [2.75, 3.05) is 26.2 Å². The first-order valence-electron chi connectivity index (χ1n) is 10.5. The molecule has 0 spiro atoms. The molecule has 2 saturated heterocycles. The number of fused-ring (bicyclic) bond motifs is 2. The summed E-state index contributed by atoms with van der Waals surface area (Å²) in [6, 6.07) is 5.97. The molecule has 1 amide bonds. The third kappa shape index (κ3) is 3.04. The Morgan fingerprint density at radius 2 is 1.89 bits per heavy atom. The second-order valence-electron chi connectivity index (χ2n) is 8.89. The summed E-state index contributed by atoms with van der Waals surface area (Å²) >= 11 is 6.13. The molecular formula is C22H28ClN3O2. The number of aromatic nitrogens is 1. The van der Waals surface area contributed by atoms with E-state index in [1.165, 1.54) is 12.8 Å². The number of nitrogens with one attached hydrogen (secondary N) is 1. The van der Waals surface area contributed by atoms with Gasteiger partial charge in [0.2, 0.25) is 0 Å². The molecule has 1 aromatic carbocycles. The van der Waals surface area contributed by atoms with Crippen LogP contribution in [-0.2, 0) is 0 Å². The average molecular weight is 402 g/mol. The number of benzene rings is 1. The lowest BCUT2D eigenvalue weighted by molar-refractivity contribution is -0.000864. The van der Waals surface area contributed by atoms with E-state index in [-0.39, 0.29) is 18.1 Å². The number of aryl methyl sites for hydroxylation is 1. The van der Waals surface area contributed by atoms with E-state index in [1.807, 2.05) is 30.0 Å². The van der Waals surface area contributed by atoms with Crippen LogP contribution in [0.5, 0.6) is 0 Å². The minimum Gasteiger partial charge on any atom is -0.391 e. The Kier molecular flexibility index (Phi) is 4.65. The summed E-state index contributed by atoms with van der Waals surface area (Å²) in [4.78, 5) is 21.0. The quantitative estimate of drug-likeness (QED) is 0.810. The SMILES string of the molecule is Cc1c(C(=O)N2C[C@H]3C[C@@H](N4CCCC4)[C@H](O)C[C@H]3C2)[nH]c2ccc(Cl)cc12. The normalized spacial score (nSPS) is 30.9. The second-order valence-corrected chi connectivity index (χ2v) is 9.33. The second kappa shape index (κ2) is 7.05. The predicted molar refractivity (Wildman–Crippen MR) is 111 cm³/mol. The lowest BCUT2D eigenvalue weighted by atomic mass is 9.77. The highest BCUT2D eigenvalue weighted by Crippen LogP contribution is 2.40. The minimum absolute atomic E-state index is 0.0754. The van der Waals surface area contributed by atoms with Gasteiger partial charge >= 0.3 is 0 Å². The van der Waals surface area contributed by atoms with Gasteiger partial charge in [0.25, 0.3) is 5.91 Å². The number of hydrogen-bond donors (Lipinski definition) is 2. The Morgan fingerprint density at radius 1 is 1.18 bits per heavy atom. The van der Waals surface area contributed by atoms with Gasteiger partial charge in [0.1, 0.15) is 5.69 Å². The van der Waals surface area contributed by atoms with Gasteiger partial charge in [0.15, 0.2) is 0 Å². The highest BCUT2D eigenvalue weighted by Gasteiger charge is 2.45. The van der Waals surface area contributed by atoms with Crippen LogP contribution in [0, 0.1) is 18.8 Å². The van der Waals surface area contributed by atoms with Crippen LogP contribution in [0.4, 0.5) is 0 Å². The van der Waals surface area contributed by atoms with E-state index in [9.17, 15) is 9.90 Å². The van der Waals surface area contributed by atoms with Crippen molar-refractivity contribution in [1.82, 2.24) is 14.8 Å². The molecule has 1 aromatic heterocycles. The molecule has 0 bridgehead atoms. The first-order valence-corrected chi connectivity index (χ1v) is 10.9. The summed E-state index contributed by atoms with van der Waals surface area (Å²) in [5, 5.41) is 12.4. The molecule has 3 heterocycles. The van der Waals surface area contributed by atoms with Gasteiger partial charge in [0, 0.05) is 35.1 Å². The van der Waals surface area contributed by atoms with E-state index in [0.717, 1.165) is 55.5 Å². The van der Waals surface area contributed by atoms with Gasteiger partial charge in [-0.2, -0.15) is 0 Å². The standard InChI is InChI=1S/C22H28ClN3O2/c1-13-17-10-16(23)4-5-18(17)24-21(13)22(28)26-11-14-8-19(25-6-2-3-7-25)20(27)9-15(14)12-26/h4-5,10,14-15,19-20,24,27H,2-3,6-9,11-12H2,1H3/t14-,15+,19-,20-/m1/s1. The first-order chi connectivity index (χ1) is 13.5. The Balaban J connectivity index is 1.34. The largest absolute Gasteiger partial charge is 0.391 e. The van der Waals surface area contributed by atoms with Crippen LogP contribution in [0.1, 0.15) is 41.7 Å². The van der Waals surface area contributed by atoms with Crippen molar-refractivity contribution in [2.24, 2.45) is 11.8 Å². The van der Waals surface area contributed by atoms with Gasteiger partial charge in [-0.15, -0.1) is 0 Å². The van der Waals surface area contributed by atoms with Crippen molar-refractivity contribution in [2.45, 2.75) is 44.8 Å². The van der Waals surface area contributed by atoms with E-state index < -0.39 is 0 Å². The Bertz CT molecular complexity index is 905. The summed E-state index contributed by atoms with van der Waals surface area (Å²) in [5.74, 6) is 0.987. The van der Waals surface area contributed by atoms with Crippen LogP contribution in [0.3, 0.4) is 0 Å². The third-order valence-electron chi connectivity index (χ3n) is 7.24. The Labute approximate surface area is 170 Å². The van der Waals surface area contributed by atoms with Crippen LogP contribution < -0.4 is 0 Å². The predicted octanol–water partition coefficient (Wildman–Crippen LogP) is 3.44. The van der Waals surface area contributed by atoms with Gasteiger partial charge in [-0.05, 0) is 81.3 Å². The summed E-state index contributed by atoms with van der Waals surface area (Å²) in [5.41, 5.74) is 2.59. The van der Waals surface area contributed by atoms with Crippen LogP contribution in [0.2, 0.25) is 5.02 Å². The van der Waals surface area contributed by atoms with E-state index in [2.05, 4.69) is 9.88 Å². The number of hydrogen-bond acceptors (Lipinski definition) is 3.